The molecule has 5 heterocycles. The molecule has 1 unspecified atom stereocenters. The van der Waals surface area contributed by atoms with Gasteiger partial charge in [-0.1, -0.05) is 24.3 Å². The number of piperidine rings is 1. The Kier molecular flexibility index (Phi) is 12.4. The summed E-state index contributed by atoms with van der Waals surface area (Å²) in [7, 11) is 0. The van der Waals surface area contributed by atoms with Crippen molar-refractivity contribution in [3.05, 3.63) is 107 Å². The minimum absolute atomic E-state index is 0.0134. The molecule has 4 aromatic heterocycles. The number of primary amides is 1. The Morgan fingerprint density at radius 2 is 1.74 bits per heavy atom. The second kappa shape index (κ2) is 18.5. The highest BCUT2D eigenvalue weighted by Gasteiger charge is 2.31. The summed E-state index contributed by atoms with van der Waals surface area (Å²) in [5, 5.41) is 16.0. The highest BCUT2D eigenvalue weighted by atomic mass is 16.5. The zero-order valence-corrected chi connectivity index (χ0v) is 33.2. The van der Waals surface area contributed by atoms with Crippen molar-refractivity contribution < 1.29 is 33.1 Å². The number of hydrogen-bond acceptors (Lipinski definition) is 13. The normalized spacial score (nSPS) is 15.2. The van der Waals surface area contributed by atoms with Gasteiger partial charge in [-0.2, -0.15) is 5.10 Å². The molecule has 6 N–H and O–H groups in total. The summed E-state index contributed by atoms with van der Waals surface area (Å²) >= 11 is 0. The van der Waals surface area contributed by atoms with Crippen molar-refractivity contribution in [2.24, 2.45) is 11.7 Å². The van der Waals surface area contributed by atoms with E-state index in [1.807, 2.05) is 48.5 Å². The highest BCUT2D eigenvalue weighted by Crippen LogP contribution is 2.29. The molecular weight excluding hydrogens is 787 g/mol. The topological polar surface area (TPSA) is 245 Å². The molecule has 0 bridgehead atoms. The number of pyridine rings is 1. The zero-order chi connectivity index (χ0) is 42.3. The summed E-state index contributed by atoms with van der Waals surface area (Å²) in [5.74, 6) is -0.584. The molecule has 1 atom stereocenters. The largest absolute Gasteiger partial charge is 0.444 e. The SMILES string of the molecule is NC(=O)c1nn(-c2ccc(CNCCOCCOCCn3c(=O)n(C4CCC(=O)NC4=O)c4ccccc43)cc2)cc1NC(=O)c1coc(-c2ccnc(NCC3CC3)c2)n1. The molecule has 19 heteroatoms. The number of benzene rings is 2. The summed E-state index contributed by atoms with van der Waals surface area (Å²) in [6, 6.07) is 17.6. The first-order valence-electron chi connectivity index (χ1n) is 20.1. The van der Waals surface area contributed by atoms with Gasteiger partial charge in [-0.3, -0.25) is 33.6 Å². The van der Waals surface area contributed by atoms with Crippen LogP contribution in [0.2, 0.25) is 0 Å². The Bertz CT molecular complexity index is 2610. The molecule has 19 nitrogen and oxygen atoms in total. The fourth-order valence-corrected chi connectivity index (χ4v) is 7.01. The maximum atomic E-state index is 13.4. The van der Waals surface area contributed by atoms with Crippen molar-refractivity contribution in [3.8, 4) is 17.1 Å². The second-order valence-electron chi connectivity index (χ2n) is 14.8. The molecule has 1 aliphatic carbocycles. The maximum Gasteiger partial charge on any atom is 0.329 e. The maximum absolute atomic E-state index is 13.4. The molecule has 0 spiro atoms. The van der Waals surface area contributed by atoms with Crippen LogP contribution >= 0.6 is 0 Å². The van der Waals surface area contributed by atoms with Gasteiger partial charge in [0, 0.05) is 37.8 Å². The predicted molar refractivity (Wildman–Crippen MR) is 222 cm³/mol. The molecule has 1 aliphatic heterocycles. The number of nitrogens with zero attached hydrogens (tertiary/aromatic N) is 6. The number of anilines is 2. The standard InChI is InChI=1S/C42H45N11O8/c43-38(55)37-30(47-39(56)31-25-61-41(48-31)28-13-14-45-35(21-28)46-23-27-5-6-27)24-52(50-37)29-9-7-26(8-10-29)22-44-15-17-59-19-20-60-18-16-51-32-3-1-2-4-33(32)53(42(51)58)34-11-12-36(54)49-40(34)57/h1-4,7-10,13-14,21,24-25,27,34,44H,5-6,11-12,15-20,22-23H2,(H2,43,55)(H,45,46)(H,47,56)(H,49,54,57). The van der Waals surface area contributed by atoms with Gasteiger partial charge in [-0.25, -0.2) is 19.4 Å². The minimum Gasteiger partial charge on any atom is -0.444 e. The number of imidazole rings is 1. The number of imide groups is 1. The lowest BCUT2D eigenvalue weighted by Crippen LogP contribution is -2.44. The molecular formula is C42H45N11O8. The van der Waals surface area contributed by atoms with E-state index in [9.17, 15) is 24.0 Å². The van der Waals surface area contributed by atoms with Crippen LogP contribution in [0.1, 0.15) is 58.3 Å². The number of amides is 4. The Hall–Kier alpha value is -6.96. The Morgan fingerprint density at radius 1 is 0.951 bits per heavy atom. The quantitative estimate of drug-likeness (QED) is 0.0550. The lowest BCUT2D eigenvalue weighted by molar-refractivity contribution is -0.135. The van der Waals surface area contributed by atoms with Gasteiger partial charge in [0.25, 0.3) is 11.8 Å². The van der Waals surface area contributed by atoms with Crippen molar-refractivity contribution in [2.45, 2.75) is 44.8 Å². The number of carbonyl (C=O) groups excluding carboxylic acids is 4. The van der Waals surface area contributed by atoms with Crippen LogP contribution in [0, 0.1) is 5.92 Å². The fourth-order valence-electron chi connectivity index (χ4n) is 7.01. The molecule has 1 saturated heterocycles. The number of hydrogen-bond donors (Lipinski definition) is 5. The predicted octanol–water partition coefficient (Wildman–Crippen LogP) is 3.01. The third-order valence-electron chi connectivity index (χ3n) is 10.4. The lowest BCUT2D eigenvalue weighted by Gasteiger charge is -2.21. The van der Waals surface area contributed by atoms with Crippen LogP contribution in [0.4, 0.5) is 11.5 Å². The molecule has 2 fully saturated rings. The zero-order valence-electron chi connectivity index (χ0n) is 33.2. The van der Waals surface area contributed by atoms with E-state index >= 15 is 0 Å². The molecule has 2 aliphatic rings. The minimum atomic E-state index is -0.808. The summed E-state index contributed by atoms with van der Waals surface area (Å²) in [6.07, 6.45) is 7.28. The van der Waals surface area contributed by atoms with Crippen LogP contribution in [0.25, 0.3) is 28.2 Å². The van der Waals surface area contributed by atoms with Crippen molar-refractivity contribution in [1.29, 1.82) is 0 Å². The first-order valence-corrected chi connectivity index (χ1v) is 20.1. The summed E-state index contributed by atoms with van der Waals surface area (Å²) < 4.78 is 21.6. The van der Waals surface area contributed by atoms with Crippen molar-refractivity contribution in [1.82, 2.24) is 39.5 Å². The van der Waals surface area contributed by atoms with Gasteiger partial charge in [-0.15, -0.1) is 0 Å². The molecule has 6 aromatic rings. The summed E-state index contributed by atoms with van der Waals surface area (Å²) in [4.78, 5) is 71.7. The first-order chi connectivity index (χ1) is 29.7. The number of aromatic nitrogens is 6. The van der Waals surface area contributed by atoms with Crippen LogP contribution in [-0.2, 0) is 32.2 Å². The molecule has 8 rings (SSSR count). The van der Waals surface area contributed by atoms with Crippen LogP contribution in [0.5, 0.6) is 0 Å². The van der Waals surface area contributed by atoms with Gasteiger partial charge in [0.05, 0.1) is 61.6 Å². The molecule has 61 heavy (non-hydrogen) atoms. The van der Waals surface area contributed by atoms with Crippen molar-refractivity contribution in [2.75, 3.05) is 50.2 Å². The number of carbonyl (C=O) groups is 4. The van der Waals surface area contributed by atoms with Gasteiger partial charge < -0.3 is 35.6 Å². The monoisotopic (exact) mass is 831 g/mol. The number of nitrogens with two attached hydrogens (primary N) is 1. The van der Waals surface area contributed by atoms with E-state index in [4.69, 9.17) is 19.6 Å². The van der Waals surface area contributed by atoms with E-state index in [2.05, 4.69) is 36.3 Å². The van der Waals surface area contributed by atoms with E-state index in [-0.39, 0.29) is 54.0 Å². The van der Waals surface area contributed by atoms with E-state index < -0.39 is 23.8 Å². The average Bonchev–Trinajstić information content (AvgIpc) is 3.65. The Balaban J connectivity index is 0.758. The molecule has 316 valence electrons. The number of para-hydroxylation sites is 2. The summed E-state index contributed by atoms with van der Waals surface area (Å²) in [6.45, 7) is 3.75. The number of oxazole rings is 1. The number of nitrogens with one attached hydrogen (secondary N) is 4. The lowest BCUT2D eigenvalue weighted by atomic mass is 10.1. The van der Waals surface area contributed by atoms with E-state index in [1.165, 1.54) is 34.6 Å². The fraction of sp³-hybridized carbons (Fsp3) is 0.333. The van der Waals surface area contributed by atoms with Gasteiger partial charge in [0.15, 0.2) is 11.4 Å². The third-order valence-corrected chi connectivity index (χ3v) is 10.4. The Labute approximate surface area is 348 Å². The van der Waals surface area contributed by atoms with Gasteiger partial charge in [-0.05, 0) is 67.1 Å². The van der Waals surface area contributed by atoms with Crippen molar-refractivity contribution >= 4 is 46.2 Å². The van der Waals surface area contributed by atoms with Crippen LogP contribution in [-0.4, -0.2) is 92.0 Å². The number of ether oxygens (including phenoxy) is 2. The third kappa shape index (κ3) is 9.75. The van der Waals surface area contributed by atoms with Gasteiger partial charge in [0.2, 0.25) is 17.7 Å². The molecule has 4 amide bonds. The molecule has 1 saturated carbocycles. The van der Waals surface area contributed by atoms with E-state index in [0.29, 0.717) is 73.5 Å². The van der Waals surface area contributed by atoms with Crippen LogP contribution in [0.3, 0.4) is 0 Å². The summed E-state index contributed by atoms with van der Waals surface area (Å²) in [5.41, 5.74) is 8.95. The van der Waals surface area contributed by atoms with Crippen LogP contribution in [0.15, 0.2) is 88.5 Å². The molecule has 0 radical (unpaired) electrons. The smallest absolute Gasteiger partial charge is 0.329 e. The van der Waals surface area contributed by atoms with E-state index in [0.717, 1.165) is 12.1 Å². The average molecular weight is 832 g/mol. The van der Waals surface area contributed by atoms with Crippen LogP contribution < -0.4 is 32.7 Å². The van der Waals surface area contributed by atoms with Gasteiger partial charge >= 0.3 is 5.69 Å². The van der Waals surface area contributed by atoms with Gasteiger partial charge in [0.1, 0.15) is 18.1 Å². The highest BCUT2D eigenvalue weighted by molar-refractivity contribution is 6.07. The first kappa shape index (κ1) is 40.8. The Morgan fingerprint density at radius 3 is 2.51 bits per heavy atom. The number of fused-ring (bicyclic) bond motifs is 1. The number of rotatable bonds is 20. The second-order valence-corrected chi connectivity index (χ2v) is 14.8. The molecule has 2 aromatic carbocycles. The van der Waals surface area contributed by atoms with Crippen molar-refractivity contribution in [3.63, 3.8) is 0 Å². The van der Waals surface area contributed by atoms with E-state index in [1.54, 1.807) is 22.9 Å².